The molecule has 1 nitrogen and oxygen atoms in total. The molecule has 0 unspecified atom stereocenters. The summed E-state index contributed by atoms with van der Waals surface area (Å²) >= 11 is 11.1. The molecule has 88 valence electrons. The van der Waals surface area contributed by atoms with Gasteiger partial charge in [-0.05, 0) is 51.8 Å². The smallest absolute Gasteiger partial charge is 0.0461 e. The number of nitrogen functional groups attached to an aromatic ring is 1. The molecule has 0 radical (unpaired) electrons. The van der Waals surface area contributed by atoms with Crippen LogP contribution in [0.4, 0.5) is 5.69 Å². The summed E-state index contributed by atoms with van der Waals surface area (Å²) in [4.78, 5) is 1.20. The number of thioether (sulfide) groups is 1. The van der Waals surface area contributed by atoms with Crippen molar-refractivity contribution in [3.63, 3.8) is 0 Å². The minimum absolute atomic E-state index is 0.763. The Labute approximate surface area is 118 Å². The van der Waals surface area contributed by atoms with Gasteiger partial charge in [0.15, 0.2) is 0 Å². The van der Waals surface area contributed by atoms with Crippen molar-refractivity contribution in [1.29, 1.82) is 0 Å². The van der Waals surface area contributed by atoms with E-state index in [-0.39, 0.29) is 0 Å². The molecule has 0 atom stereocenters. The van der Waals surface area contributed by atoms with E-state index in [4.69, 9.17) is 17.3 Å². The van der Waals surface area contributed by atoms with Gasteiger partial charge in [0.1, 0.15) is 0 Å². The van der Waals surface area contributed by atoms with E-state index in [2.05, 4.69) is 22.0 Å². The number of rotatable bonds is 3. The highest BCUT2D eigenvalue weighted by Crippen LogP contribution is 2.30. The van der Waals surface area contributed by atoms with Gasteiger partial charge in [0.2, 0.25) is 0 Å². The summed E-state index contributed by atoms with van der Waals surface area (Å²) in [6, 6.07) is 13.8. The van der Waals surface area contributed by atoms with E-state index in [1.165, 1.54) is 10.5 Å². The number of hydrogen-bond acceptors (Lipinski definition) is 2. The van der Waals surface area contributed by atoms with Gasteiger partial charge in [-0.25, -0.2) is 0 Å². The quantitative estimate of drug-likeness (QED) is 0.635. The Morgan fingerprint density at radius 3 is 2.53 bits per heavy atom. The van der Waals surface area contributed by atoms with Crippen molar-refractivity contribution in [2.24, 2.45) is 0 Å². The first-order valence-corrected chi connectivity index (χ1v) is 7.23. The number of anilines is 1. The summed E-state index contributed by atoms with van der Waals surface area (Å²) in [5.74, 6) is 0.882. The van der Waals surface area contributed by atoms with Crippen molar-refractivity contribution >= 4 is 45.0 Å². The van der Waals surface area contributed by atoms with Crippen LogP contribution in [0.15, 0.2) is 51.8 Å². The van der Waals surface area contributed by atoms with E-state index in [1.807, 2.05) is 36.4 Å². The second-order valence-electron chi connectivity index (χ2n) is 3.56. The SMILES string of the molecule is Nc1cccc(CSc2ccc(Cl)cc2)c1Br. The van der Waals surface area contributed by atoms with Gasteiger partial charge in [0.05, 0.1) is 0 Å². The first-order valence-electron chi connectivity index (χ1n) is 5.08. The molecular formula is C13H11BrClNS. The average Bonchev–Trinajstić information content (AvgIpc) is 2.33. The molecule has 0 saturated carbocycles. The van der Waals surface area contributed by atoms with Crippen molar-refractivity contribution in [3.05, 3.63) is 57.5 Å². The molecule has 0 aromatic heterocycles. The zero-order valence-electron chi connectivity index (χ0n) is 8.99. The lowest BCUT2D eigenvalue weighted by molar-refractivity contribution is 1.36. The predicted molar refractivity (Wildman–Crippen MR) is 79.6 cm³/mol. The van der Waals surface area contributed by atoms with Crippen LogP contribution < -0.4 is 5.73 Å². The molecule has 0 aliphatic rings. The molecule has 2 N–H and O–H groups in total. The van der Waals surface area contributed by atoms with Gasteiger partial charge in [-0.1, -0.05) is 23.7 Å². The summed E-state index contributed by atoms with van der Waals surface area (Å²) < 4.78 is 0.987. The molecule has 0 aliphatic heterocycles. The summed E-state index contributed by atoms with van der Waals surface area (Å²) in [5.41, 5.74) is 7.81. The highest BCUT2D eigenvalue weighted by Gasteiger charge is 2.03. The Bertz CT molecular complexity index is 513. The van der Waals surface area contributed by atoms with E-state index in [0.717, 1.165) is 20.9 Å². The Morgan fingerprint density at radius 2 is 1.82 bits per heavy atom. The van der Waals surface area contributed by atoms with Crippen molar-refractivity contribution in [2.75, 3.05) is 5.73 Å². The zero-order valence-corrected chi connectivity index (χ0v) is 12.1. The van der Waals surface area contributed by atoms with Gasteiger partial charge in [0, 0.05) is 25.8 Å². The number of benzene rings is 2. The van der Waals surface area contributed by atoms with Crippen molar-refractivity contribution in [2.45, 2.75) is 10.6 Å². The molecule has 0 amide bonds. The van der Waals surface area contributed by atoms with E-state index >= 15 is 0 Å². The number of halogens is 2. The maximum absolute atomic E-state index is 5.84. The van der Waals surface area contributed by atoms with Gasteiger partial charge < -0.3 is 5.73 Å². The molecule has 0 saturated heterocycles. The Balaban J connectivity index is 2.07. The molecule has 0 bridgehead atoms. The average molecular weight is 329 g/mol. The third kappa shape index (κ3) is 3.41. The summed E-state index contributed by atoms with van der Waals surface area (Å²) in [7, 11) is 0. The fourth-order valence-electron chi connectivity index (χ4n) is 1.40. The first kappa shape index (κ1) is 12.8. The highest BCUT2D eigenvalue weighted by molar-refractivity contribution is 9.10. The van der Waals surface area contributed by atoms with E-state index in [1.54, 1.807) is 11.8 Å². The molecule has 2 aromatic rings. The van der Waals surface area contributed by atoms with Crippen LogP contribution in [0, 0.1) is 0 Å². The van der Waals surface area contributed by atoms with Gasteiger partial charge in [0.25, 0.3) is 0 Å². The van der Waals surface area contributed by atoms with E-state index in [9.17, 15) is 0 Å². The van der Waals surface area contributed by atoms with Crippen LogP contribution in [-0.4, -0.2) is 0 Å². The normalized spacial score (nSPS) is 10.5. The van der Waals surface area contributed by atoms with Crippen LogP contribution in [-0.2, 0) is 5.75 Å². The van der Waals surface area contributed by atoms with Gasteiger partial charge in [-0.15, -0.1) is 11.8 Å². The fourth-order valence-corrected chi connectivity index (χ4v) is 3.01. The van der Waals surface area contributed by atoms with Gasteiger partial charge >= 0.3 is 0 Å². The predicted octanol–water partition coefficient (Wildman–Crippen LogP) is 4.98. The highest BCUT2D eigenvalue weighted by atomic mass is 79.9. The molecule has 0 fully saturated rings. The van der Waals surface area contributed by atoms with Crippen molar-refractivity contribution in [3.8, 4) is 0 Å². The Kier molecular flexibility index (Phi) is 4.37. The molecular weight excluding hydrogens is 318 g/mol. The van der Waals surface area contributed by atoms with Gasteiger partial charge in [-0.3, -0.25) is 0 Å². The second-order valence-corrected chi connectivity index (χ2v) is 5.84. The minimum Gasteiger partial charge on any atom is -0.398 e. The molecule has 0 spiro atoms. The molecule has 2 rings (SSSR count). The van der Waals surface area contributed by atoms with Crippen LogP contribution >= 0.6 is 39.3 Å². The molecule has 0 heterocycles. The fraction of sp³-hybridized carbons (Fsp3) is 0.0769. The lowest BCUT2D eigenvalue weighted by Crippen LogP contribution is -1.90. The first-order chi connectivity index (χ1) is 8.16. The third-order valence-electron chi connectivity index (χ3n) is 2.32. The zero-order chi connectivity index (χ0) is 12.3. The molecule has 2 aromatic carbocycles. The standard InChI is InChI=1S/C13H11BrClNS/c14-13-9(2-1-3-12(13)16)8-17-11-6-4-10(15)5-7-11/h1-7H,8,16H2. The number of hydrogen-bond donors (Lipinski definition) is 1. The minimum atomic E-state index is 0.763. The maximum atomic E-state index is 5.84. The van der Waals surface area contributed by atoms with Crippen LogP contribution in [0.1, 0.15) is 5.56 Å². The summed E-state index contributed by atoms with van der Waals surface area (Å²) in [6.45, 7) is 0. The van der Waals surface area contributed by atoms with Gasteiger partial charge in [-0.2, -0.15) is 0 Å². The summed E-state index contributed by atoms with van der Waals surface area (Å²) in [6.07, 6.45) is 0. The topological polar surface area (TPSA) is 26.0 Å². The van der Waals surface area contributed by atoms with E-state index in [0.29, 0.717) is 0 Å². The van der Waals surface area contributed by atoms with Crippen LogP contribution in [0.3, 0.4) is 0 Å². The largest absolute Gasteiger partial charge is 0.398 e. The van der Waals surface area contributed by atoms with E-state index < -0.39 is 0 Å². The molecule has 4 heteroatoms. The van der Waals surface area contributed by atoms with Crippen LogP contribution in [0.2, 0.25) is 5.02 Å². The summed E-state index contributed by atoms with van der Waals surface area (Å²) in [5, 5.41) is 0.763. The third-order valence-corrected chi connectivity index (χ3v) is 4.60. The maximum Gasteiger partial charge on any atom is 0.0461 e. The van der Waals surface area contributed by atoms with Crippen molar-refractivity contribution < 1.29 is 0 Å². The lowest BCUT2D eigenvalue weighted by atomic mass is 10.2. The Morgan fingerprint density at radius 1 is 1.12 bits per heavy atom. The lowest BCUT2D eigenvalue weighted by Gasteiger charge is -2.06. The second kappa shape index (κ2) is 5.80. The van der Waals surface area contributed by atoms with Crippen molar-refractivity contribution in [1.82, 2.24) is 0 Å². The number of nitrogens with two attached hydrogens (primary N) is 1. The van der Waals surface area contributed by atoms with Crippen LogP contribution in [0.5, 0.6) is 0 Å². The molecule has 17 heavy (non-hydrogen) atoms. The monoisotopic (exact) mass is 327 g/mol. The van der Waals surface area contributed by atoms with Crippen LogP contribution in [0.25, 0.3) is 0 Å². The molecule has 0 aliphatic carbocycles. The Hall–Kier alpha value is -0.640.